The molecule has 0 aliphatic carbocycles. The van der Waals surface area contributed by atoms with Crippen LogP contribution in [0.2, 0.25) is 0 Å². The van der Waals surface area contributed by atoms with E-state index in [0.29, 0.717) is 6.54 Å². The van der Waals surface area contributed by atoms with Crippen LogP contribution in [0, 0.1) is 6.92 Å². The van der Waals surface area contributed by atoms with Gasteiger partial charge in [-0.25, -0.2) is 0 Å². The van der Waals surface area contributed by atoms with Gasteiger partial charge < -0.3 is 10.1 Å². The zero-order valence-electron chi connectivity index (χ0n) is 11.7. The fraction of sp³-hybridized carbons (Fsp3) is 0.692. The fourth-order valence-electron chi connectivity index (χ4n) is 1.91. The fourth-order valence-corrected chi connectivity index (χ4v) is 1.91. The lowest BCUT2D eigenvalue weighted by atomic mass is 10.1. The van der Waals surface area contributed by atoms with Gasteiger partial charge in [0.1, 0.15) is 6.04 Å². The molecule has 1 heterocycles. The number of nitrogens with one attached hydrogen (secondary N) is 1. The zero-order chi connectivity index (χ0) is 13.5. The number of methoxy groups -OCH3 is 1. The average Bonchev–Trinajstić information content (AvgIpc) is 2.67. The number of ether oxygens (including phenoxy) is 1. The van der Waals surface area contributed by atoms with Crippen molar-refractivity contribution in [3.63, 3.8) is 0 Å². The molecule has 1 atom stereocenters. The van der Waals surface area contributed by atoms with Crippen LogP contribution in [0.3, 0.4) is 0 Å². The summed E-state index contributed by atoms with van der Waals surface area (Å²) in [5.74, 6) is -0.190. The quantitative estimate of drug-likeness (QED) is 0.749. The van der Waals surface area contributed by atoms with Crippen molar-refractivity contribution in [3.8, 4) is 0 Å². The topological polar surface area (TPSA) is 56.2 Å². The predicted molar refractivity (Wildman–Crippen MR) is 70.1 cm³/mol. The summed E-state index contributed by atoms with van der Waals surface area (Å²) < 4.78 is 6.59. The minimum Gasteiger partial charge on any atom is -0.468 e. The maximum absolute atomic E-state index is 11.6. The lowest BCUT2D eigenvalue weighted by molar-refractivity contribution is -0.143. The van der Waals surface area contributed by atoms with Gasteiger partial charge in [-0.3, -0.25) is 9.48 Å². The van der Waals surface area contributed by atoms with Crippen molar-refractivity contribution in [1.82, 2.24) is 15.1 Å². The molecule has 0 radical (unpaired) electrons. The predicted octanol–water partition coefficient (Wildman–Crippen LogP) is 1.55. The molecule has 1 aromatic heterocycles. The Morgan fingerprint density at radius 2 is 2.33 bits per heavy atom. The number of carbonyl (C=O) groups is 1. The number of nitrogens with zero attached hydrogens (tertiary/aromatic N) is 2. The molecule has 0 amide bonds. The number of aryl methyl sites for hydroxylation is 2. The summed E-state index contributed by atoms with van der Waals surface area (Å²) in [5, 5.41) is 7.52. The maximum atomic E-state index is 11.6. The third-order valence-corrected chi connectivity index (χ3v) is 2.99. The molecule has 0 saturated heterocycles. The zero-order valence-corrected chi connectivity index (χ0v) is 11.7. The molecule has 1 rings (SSSR count). The van der Waals surface area contributed by atoms with Crippen molar-refractivity contribution in [2.75, 3.05) is 7.11 Å². The maximum Gasteiger partial charge on any atom is 0.322 e. The molecule has 0 aromatic carbocycles. The first kappa shape index (κ1) is 14.7. The van der Waals surface area contributed by atoms with Crippen LogP contribution in [0.5, 0.6) is 0 Å². The number of unbranched alkanes of at least 4 members (excludes halogenated alkanes) is 1. The Hall–Kier alpha value is -1.36. The first-order valence-electron chi connectivity index (χ1n) is 6.38. The number of esters is 1. The van der Waals surface area contributed by atoms with Gasteiger partial charge in [0.2, 0.25) is 0 Å². The van der Waals surface area contributed by atoms with Gasteiger partial charge in [0.25, 0.3) is 0 Å². The molecule has 5 nitrogen and oxygen atoms in total. The number of rotatable bonds is 7. The summed E-state index contributed by atoms with van der Waals surface area (Å²) in [6.45, 7) is 4.72. The Morgan fingerprint density at radius 1 is 1.61 bits per heavy atom. The van der Waals surface area contributed by atoms with E-state index in [9.17, 15) is 4.79 Å². The van der Waals surface area contributed by atoms with Crippen LogP contribution < -0.4 is 5.32 Å². The molecule has 102 valence electrons. The summed E-state index contributed by atoms with van der Waals surface area (Å²) in [5.41, 5.74) is 2.10. The number of aromatic nitrogens is 2. The summed E-state index contributed by atoms with van der Waals surface area (Å²) in [6.07, 6.45) is 4.86. The van der Waals surface area contributed by atoms with Crippen molar-refractivity contribution in [2.24, 2.45) is 7.05 Å². The van der Waals surface area contributed by atoms with E-state index in [1.54, 1.807) is 4.68 Å². The van der Waals surface area contributed by atoms with Crippen LogP contribution in [0.25, 0.3) is 0 Å². The molecule has 0 bridgehead atoms. The van der Waals surface area contributed by atoms with Gasteiger partial charge in [0.15, 0.2) is 0 Å². The first-order valence-corrected chi connectivity index (χ1v) is 6.38. The van der Waals surface area contributed by atoms with Crippen LogP contribution >= 0.6 is 0 Å². The Morgan fingerprint density at radius 3 is 2.83 bits per heavy atom. The van der Waals surface area contributed by atoms with Crippen LogP contribution in [0.15, 0.2) is 6.20 Å². The van der Waals surface area contributed by atoms with Crippen LogP contribution in [0.4, 0.5) is 0 Å². The molecular formula is C13H23N3O2. The first-order chi connectivity index (χ1) is 8.58. The molecule has 0 aliphatic rings. The normalized spacial score (nSPS) is 12.4. The number of hydrogen-bond acceptors (Lipinski definition) is 4. The second-order valence-corrected chi connectivity index (χ2v) is 4.51. The third-order valence-electron chi connectivity index (χ3n) is 2.99. The Labute approximate surface area is 109 Å². The van der Waals surface area contributed by atoms with Gasteiger partial charge >= 0.3 is 5.97 Å². The highest BCUT2D eigenvalue weighted by molar-refractivity contribution is 5.75. The van der Waals surface area contributed by atoms with E-state index >= 15 is 0 Å². The van der Waals surface area contributed by atoms with Crippen molar-refractivity contribution >= 4 is 5.97 Å². The minimum atomic E-state index is -0.227. The van der Waals surface area contributed by atoms with Gasteiger partial charge in [0.05, 0.1) is 12.8 Å². The van der Waals surface area contributed by atoms with Crippen molar-refractivity contribution < 1.29 is 9.53 Å². The molecule has 1 unspecified atom stereocenters. The molecule has 0 fully saturated rings. The molecule has 18 heavy (non-hydrogen) atoms. The third kappa shape index (κ3) is 4.14. The van der Waals surface area contributed by atoms with Gasteiger partial charge in [-0.15, -0.1) is 0 Å². The Balaban J connectivity index is 2.55. The lowest BCUT2D eigenvalue weighted by Crippen LogP contribution is -2.37. The summed E-state index contributed by atoms with van der Waals surface area (Å²) in [4.78, 5) is 11.6. The van der Waals surface area contributed by atoms with Crippen molar-refractivity contribution in [1.29, 1.82) is 0 Å². The van der Waals surface area contributed by atoms with E-state index in [2.05, 4.69) is 17.3 Å². The lowest BCUT2D eigenvalue weighted by Gasteiger charge is -2.15. The average molecular weight is 253 g/mol. The van der Waals surface area contributed by atoms with Gasteiger partial charge in [-0.05, 0) is 13.3 Å². The SMILES string of the molecule is CCCCC(NCc1cn(C)nc1C)C(=O)OC. The number of carbonyl (C=O) groups excluding carboxylic acids is 1. The van der Waals surface area contributed by atoms with Gasteiger partial charge in [0, 0.05) is 25.4 Å². The van der Waals surface area contributed by atoms with Gasteiger partial charge in [-0.1, -0.05) is 19.8 Å². The molecule has 0 spiro atoms. The number of hydrogen-bond donors (Lipinski definition) is 1. The molecule has 1 N–H and O–H groups in total. The highest BCUT2D eigenvalue weighted by atomic mass is 16.5. The molecule has 1 aromatic rings. The highest BCUT2D eigenvalue weighted by Gasteiger charge is 2.18. The van der Waals surface area contributed by atoms with Gasteiger partial charge in [-0.2, -0.15) is 5.10 Å². The highest BCUT2D eigenvalue weighted by Crippen LogP contribution is 2.07. The monoisotopic (exact) mass is 253 g/mol. The Bertz CT molecular complexity index is 388. The van der Waals surface area contributed by atoms with E-state index in [1.807, 2.05) is 20.2 Å². The standard InChI is InChI=1S/C13H23N3O2/c1-5-6-7-12(13(17)18-4)14-8-11-9-16(3)15-10(11)2/h9,12,14H,5-8H2,1-4H3. The van der Waals surface area contributed by atoms with E-state index in [1.165, 1.54) is 7.11 Å². The molecule has 5 heteroatoms. The summed E-state index contributed by atoms with van der Waals surface area (Å²) in [7, 11) is 3.32. The van der Waals surface area contributed by atoms with Crippen LogP contribution in [-0.4, -0.2) is 28.9 Å². The van der Waals surface area contributed by atoms with Crippen molar-refractivity contribution in [2.45, 2.75) is 45.7 Å². The van der Waals surface area contributed by atoms with Crippen LogP contribution in [0.1, 0.15) is 37.4 Å². The Kier molecular flexibility index (Phi) is 5.85. The molecule has 0 saturated carbocycles. The summed E-state index contributed by atoms with van der Waals surface area (Å²) in [6, 6.07) is -0.227. The van der Waals surface area contributed by atoms with E-state index in [-0.39, 0.29) is 12.0 Å². The summed E-state index contributed by atoms with van der Waals surface area (Å²) >= 11 is 0. The smallest absolute Gasteiger partial charge is 0.322 e. The van der Waals surface area contributed by atoms with E-state index in [4.69, 9.17) is 4.74 Å². The molecule has 0 aliphatic heterocycles. The minimum absolute atomic E-state index is 0.190. The largest absolute Gasteiger partial charge is 0.468 e. The van der Waals surface area contributed by atoms with Crippen LogP contribution in [-0.2, 0) is 23.1 Å². The molecular weight excluding hydrogens is 230 g/mol. The second kappa shape index (κ2) is 7.16. The van der Waals surface area contributed by atoms with E-state index in [0.717, 1.165) is 30.5 Å². The second-order valence-electron chi connectivity index (χ2n) is 4.51. The van der Waals surface area contributed by atoms with Crippen molar-refractivity contribution in [3.05, 3.63) is 17.5 Å². The van der Waals surface area contributed by atoms with E-state index < -0.39 is 0 Å².